The maximum atomic E-state index is 12.1. The molecule has 1 saturated heterocycles. The Labute approximate surface area is 134 Å². The number of anilines is 1. The number of carbonyl (C=O) groups is 2. The Kier molecular flexibility index (Phi) is 5.38. The van der Waals surface area contributed by atoms with Gasteiger partial charge in [-0.1, -0.05) is 30.0 Å². The molecule has 0 saturated carbocycles. The predicted molar refractivity (Wildman–Crippen MR) is 91.2 cm³/mol. The van der Waals surface area contributed by atoms with Gasteiger partial charge in [-0.15, -0.1) is 6.58 Å². The van der Waals surface area contributed by atoms with Crippen molar-refractivity contribution in [2.45, 2.75) is 25.5 Å². The number of thioether (sulfide) groups is 1. The molecule has 2 N–H and O–H groups in total. The van der Waals surface area contributed by atoms with Crippen molar-refractivity contribution in [1.29, 1.82) is 0 Å². The van der Waals surface area contributed by atoms with E-state index in [9.17, 15) is 9.59 Å². The molecule has 1 aromatic rings. The minimum atomic E-state index is -0.436. The molecule has 2 rings (SSSR count). The van der Waals surface area contributed by atoms with Gasteiger partial charge in [-0.2, -0.15) is 0 Å². The summed E-state index contributed by atoms with van der Waals surface area (Å²) in [6.07, 6.45) is 1.78. The second-order valence-corrected chi connectivity index (χ2v) is 6.29. The first-order valence-electron chi connectivity index (χ1n) is 6.99. The molecule has 1 atom stereocenters. The van der Waals surface area contributed by atoms with E-state index in [1.807, 2.05) is 32.0 Å². The van der Waals surface area contributed by atoms with Crippen LogP contribution in [0.15, 0.2) is 35.8 Å². The standard InChI is InChI=1S/C16H19N3O2S/c1-4-7-17-16-19-15(21)13(22-16)9-14(20)18-12-8-10(2)5-6-11(12)3/h4-6,8,13H,1,7,9H2,2-3H3,(H,18,20)(H,17,19,21). The van der Waals surface area contributed by atoms with Crippen molar-refractivity contribution in [1.82, 2.24) is 5.32 Å². The van der Waals surface area contributed by atoms with Gasteiger partial charge in [0, 0.05) is 12.1 Å². The average molecular weight is 317 g/mol. The molecular formula is C16H19N3O2S. The number of nitrogens with zero attached hydrogens (tertiary/aromatic N) is 1. The summed E-state index contributed by atoms with van der Waals surface area (Å²) in [5.74, 6) is -0.352. The maximum absolute atomic E-state index is 12.1. The zero-order valence-electron chi connectivity index (χ0n) is 12.7. The highest BCUT2D eigenvalue weighted by atomic mass is 32.2. The fourth-order valence-electron chi connectivity index (χ4n) is 2.00. The Bertz CT molecular complexity index is 640. The monoisotopic (exact) mass is 317 g/mol. The average Bonchev–Trinajstić information content (AvgIpc) is 2.81. The molecule has 5 nitrogen and oxygen atoms in total. The van der Waals surface area contributed by atoms with Crippen molar-refractivity contribution in [3.8, 4) is 0 Å². The van der Waals surface area contributed by atoms with Gasteiger partial charge in [0.2, 0.25) is 11.8 Å². The quantitative estimate of drug-likeness (QED) is 0.819. The minimum absolute atomic E-state index is 0.122. The van der Waals surface area contributed by atoms with Gasteiger partial charge in [0.25, 0.3) is 0 Å². The number of aryl methyl sites for hydroxylation is 2. The zero-order chi connectivity index (χ0) is 16.1. The van der Waals surface area contributed by atoms with Gasteiger partial charge in [0.15, 0.2) is 5.17 Å². The van der Waals surface area contributed by atoms with Crippen molar-refractivity contribution in [3.63, 3.8) is 0 Å². The van der Waals surface area contributed by atoms with E-state index in [1.54, 1.807) is 6.08 Å². The van der Waals surface area contributed by atoms with Gasteiger partial charge in [-0.3, -0.25) is 14.6 Å². The van der Waals surface area contributed by atoms with Gasteiger partial charge in [-0.25, -0.2) is 0 Å². The topological polar surface area (TPSA) is 70.6 Å². The van der Waals surface area contributed by atoms with Crippen LogP contribution in [0, 0.1) is 13.8 Å². The third kappa shape index (κ3) is 4.21. The van der Waals surface area contributed by atoms with E-state index in [1.165, 1.54) is 11.8 Å². The molecule has 0 spiro atoms. The maximum Gasteiger partial charge on any atom is 0.240 e. The van der Waals surface area contributed by atoms with E-state index < -0.39 is 5.25 Å². The van der Waals surface area contributed by atoms with Gasteiger partial charge >= 0.3 is 0 Å². The van der Waals surface area contributed by atoms with Crippen LogP contribution in [-0.4, -0.2) is 28.8 Å². The molecule has 1 aliphatic rings. The number of carbonyl (C=O) groups excluding carboxylic acids is 2. The Hall–Kier alpha value is -2.08. The zero-order valence-corrected chi connectivity index (χ0v) is 13.5. The van der Waals surface area contributed by atoms with Crippen LogP contribution in [-0.2, 0) is 9.59 Å². The van der Waals surface area contributed by atoms with E-state index >= 15 is 0 Å². The largest absolute Gasteiger partial charge is 0.326 e. The van der Waals surface area contributed by atoms with Crippen LogP contribution in [0.1, 0.15) is 17.5 Å². The van der Waals surface area contributed by atoms with E-state index in [2.05, 4.69) is 22.2 Å². The van der Waals surface area contributed by atoms with E-state index in [-0.39, 0.29) is 18.2 Å². The molecule has 0 aromatic heterocycles. The Morgan fingerprint density at radius 2 is 2.27 bits per heavy atom. The second kappa shape index (κ2) is 7.26. The third-order valence-corrected chi connectivity index (χ3v) is 4.30. The first-order chi connectivity index (χ1) is 10.5. The number of amidine groups is 1. The van der Waals surface area contributed by atoms with Crippen molar-refractivity contribution >= 4 is 34.4 Å². The van der Waals surface area contributed by atoms with Crippen LogP contribution in [0.4, 0.5) is 5.69 Å². The number of hydrogen-bond acceptors (Lipinski definition) is 4. The van der Waals surface area contributed by atoms with Gasteiger partial charge in [0.1, 0.15) is 5.25 Å². The van der Waals surface area contributed by atoms with Crippen LogP contribution < -0.4 is 10.6 Å². The fraction of sp³-hybridized carbons (Fsp3) is 0.312. The molecule has 1 aliphatic heterocycles. The summed E-state index contributed by atoms with van der Waals surface area (Å²) in [5, 5.41) is 5.66. The molecule has 2 amide bonds. The molecular weight excluding hydrogens is 298 g/mol. The van der Waals surface area contributed by atoms with E-state index in [0.29, 0.717) is 11.7 Å². The van der Waals surface area contributed by atoms with Crippen LogP contribution in [0.2, 0.25) is 0 Å². The lowest BCUT2D eigenvalue weighted by Crippen LogP contribution is -2.28. The number of amides is 2. The smallest absolute Gasteiger partial charge is 0.240 e. The molecule has 0 bridgehead atoms. The number of nitrogens with one attached hydrogen (secondary N) is 2. The van der Waals surface area contributed by atoms with Crippen LogP contribution in [0.25, 0.3) is 0 Å². The molecule has 1 unspecified atom stereocenters. The van der Waals surface area contributed by atoms with Crippen molar-refractivity contribution in [2.75, 3.05) is 11.9 Å². The minimum Gasteiger partial charge on any atom is -0.326 e. The lowest BCUT2D eigenvalue weighted by atomic mass is 10.1. The Morgan fingerprint density at radius 1 is 1.50 bits per heavy atom. The first kappa shape index (κ1) is 16.3. The Balaban J connectivity index is 1.96. The van der Waals surface area contributed by atoms with Gasteiger partial charge < -0.3 is 10.6 Å². The molecule has 1 fully saturated rings. The van der Waals surface area contributed by atoms with Crippen LogP contribution in [0.5, 0.6) is 0 Å². The summed E-state index contributed by atoms with van der Waals surface area (Å²) in [5.41, 5.74) is 2.86. The summed E-state index contributed by atoms with van der Waals surface area (Å²) in [6, 6.07) is 5.88. The predicted octanol–water partition coefficient (Wildman–Crippen LogP) is 2.41. The van der Waals surface area contributed by atoms with Crippen LogP contribution >= 0.6 is 11.8 Å². The Morgan fingerprint density at radius 3 is 3.00 bits per heavy atom. The second-order valence-electron chi connectivity index (χ2n) is 5.10. The lowest BCUT2D eigenvalue weighted by molar-refractivity contribution is -0.122. The number of hydrogen-bond donors (Lipinski definition) is 2. The van der Waals surface area contributed by atoms with E-state index in [0.717, 1.165) is 16.8 Å². The molecule has 22 heavy (non-hydrogen) atoms. The third-order valence-electron chi connectivity index (χ3n) is 3.18. The number of benzene rings is 1. The summed E-state index contributed by atoms with van der Waals surface area (Å²) in [6.45, 7) is 7.93. The molecule has 0 radical (unpaired) electrons. The first-order valence-corrected chi connectivity index (χ1v) is 7.87. The molecule has 116 valence electrons. The normalized spacial score (nSPS) is 19.1. The van der Waals surface area contributed by atoms with Gasteiger partial charge in [0.05, 0.1) is 6.54 Å². The van der Waals surface area contributed by atoms with Crippen molar-refractivity contribution in [2.24, 2.45) is 4.99 Å². The van der Waals surface area contributed by atoms with Crippen molar-refractivity contribution in [3.05, 3.63) is 42.0 Å². The molecule has 1 heterocycles. The molecule has 1 aromatic carbocycles. The summed E-state index contributed by atoms with van der Waals surface area (Å²) in [7, 11) is 0. The highest BCUT2D eigenvalue weighted by Crippen LogP contribution is 2.23. The number of aliphatic imine (C=N–C) groups is 1. The molecule has 0 aliphatic carbocycles. The van der Waals surface area contributed by atoms with Gasteiger partial charge in [-0.05, 0) is 31.0 Å². The lowest BCUT2D eigenvalue weighted by Gasteiger charge is -2.10. The SMILES string of the molecule is C=CCN=C1NC(=O)C(CC(=O)Nc2cc(C)ccc2C)S1. The highest BCUT2D eigenvalue weighted by molar-refractivity contribution is 8.15. The fourth-order valence-corrected chi connectivity index (χ4v) is 2.98. The molecule has 6 heteroatoms. The summed E-state index contributed by atoms with van der Waals surface area (Å²) in [4.78, 5) is 28.1. The van der Waals surface area contributed by atoms with E-state index in [4.69, 9.17) is 0 Å². The summed E-state index contributed by atoms with van der Waals surface area (Å²) >= 11 is 1.29. The highest BCUT2D eigenvalue weighted by Gasteiger charge is 2.31. The van der Waals surface area contributed by atoms with Crippen LogP contribution in [0.3, 0.4) is 0 Å². The summed E-state index contributed by atoms with van der Waals surface area (Å²) < 4.78 is 0. The van der Waals surface area contributed by atoms with Crippen molar-refractivity contribution < 1.29 is 9.59 Å². The number of rotatable bonds is 5.